The number of hydrogen-bond acceptors (Lipinski definition) is 7. The minimum atomic E-state index is -2.06. The van der Waals surface area contributed by atoms with Crippen LogP contribution in [0.4, 0.5) is 22.7 Å². The third-order valence-electron chi connectivity index (χ3n) is 8.00. The van der Waals surface area contributed by atoms with Gasteiger partial charge in [-0.2, -0.15) is 0 Å². The summed E-state index contributed by atoms with van der Waals surface area (Å²) in [4.78, 5) is 41.9. The van der Waals surface area contributed by atoms with Gasteiger partial charge in [-0.3, -0.25) is 24.6 Å². The van der Waals surface area contributed by atoms with Crippen LogP contribution < -0.4 is 14.5 Å². The van der Waals surface area contributed by atoms with Crippen LogP contribution >= 0.6 is 0 Å². The summed E-state index contributed by atoms with van der Waals surface area (Å²) in [7, 11) is 0. The first kappa shape index (κ1) is 28.8. The van der Waals surface area contributed by atoms with Crippen LogP contribution in [-0.4, -0.2) is 33.6 Å². The third-order valence-corrected chi connectivity index (χ3v) is 8.00. The van der Waals surface area contributed by atoms with E-state index in [1.807, 2.05) is 18.2 Å². The van der Waals surface area contributed by atoms with Gasteiger partial charge in [-0.25, -0.2) is 0 Å². The normalized spacial score (nSPS) is 18.0. The number of rotatable bonds is 8. The molecule has 0 fully saturated rings. The molecule has 4 aromatic carbocycles. The first-order valence-corrected chi connectivity index (χ1v) is 14.1. The lowest BCUT2D eigenvalue weighted by Gasteiger charge is -2.28. The van der Waals surface area contributed by atoms with Gasteiger partial charge >= 0.3 is 0 Å². The number of benzene rings is 4. The Hall–Kier alpha value is -5.32. The van der Waals surface area contributed by atoms with Gasteiger partial charge in [0.25, 0.3) is 17.5 Å². The molecule has 10 heteroatoms. The minimum absolute atomic E-state index is 0.0314. The van der Waals surface area contributed by atoms with Crippen molar-refractivity contribution in [1.29, 1.82) is 0 Å². The molecule has 0 bridgehead atoms. The van der Waals surface area contributed by atoms with E-state index in [0.717, 1.165) is 0 Å². The highest BCUT2D eigenvalue weighted by Gasteiger charge is 2.53. The van der Waals surface area contributed by atoms with Crippen LogP contribution in [0.2, 0.25) is 0 Å². The monoisotopic (exact) mass is 591 g/mol. The van der Waals surface area contributed by atoms with Gasteiger partial charge in [-0.05, 0) is 54.4 Å². The van der Waals surface area contributed by atoms with Crippen molar-refractivity contribution in [3.63, 3.8) is 0 Å². The Labute approximate surface area is 253 Å². The molecule has 2 N–H and O–H groups in total. The molecule has 2 heterocycles. The van der Waals surface area contributed by atoms with Gasteiger partial charge in [0.15, 0.2) is 11.4 Å². The van der Waals surface area contributed by atoms with Gasteiger partial charge in [0, 0.05) is 35.9 Å². The molecule has 0 spiro atoms. The number of nitro benzene ring substituents is 1. The van der Waals surface area contributed by atoms with Crippen LogP contribution in [0, 0.1) is 16.0 Å². The van der Waals surface area contributed by atoms with Crippen molar-refractivity contribution in [3.8, 4) is 11.5 Å². The molecule has 0 saturated heterocycles. The predicted octanol–water partition coefficient (Wildman–Crippen LogP) is 5.99. The Morgan fingerprint density at radius 1 is 0.955 bits per heavy atom. The van der Waals surface area contributed by atoms with E-state index in [2.05, 4.69) is 0 Å². The van der Waals surface area contributed by atoms with Crippen LogP contribution in [0.25, 0.3) is 0 Å². The Kier molecular flexibility index (Phi) is 7.46. The van der Waals surface area contributed by atoms with E-state index >= 15 is 0 Å². The van der Waals surface area contributed by atoms with E-state index in [9.17, 15) is 29.9 Å². The lowest BCUT2D eigenvalue weighted by molar-refractivity contribution is -0.385. The van der Waals surface area contributed by atoms with Crippen molar-refractivity contribution < 1.29 is 29.5 Å². The number of aliphatic hydroxyl groups is 2. The van der Waals surface area contributed by atoms with E-state index in [-0.39, 0.29) is 30.3 Å². The second kappa shape index (κ2) is 11.4. The van der Waals surface area contributed by atoms with E-state index in [1.54, 1.807) is 78.6 Å². The molecule has 2 atom stereocenters. The standard InChI is InChI=1S/C34H29N3O7/c1-22(9-6-7-18-38)34(41)27-20-25(37(42)43)16-17-28(27)35(33(34)40)21-23-10-8-11-24(19-23)36-29-13-3-5-15-31(29)44-30-14-4-2-12-26(30)32(36)39/h2-6,8-17,19-20,22,38,41H,7,18,21H2,1H3/b9-6+/t22-,34+/m1/s1. The molecule has 222 valence electrons. The fourth-order valence-electron chi connectivity index (χ4n) is 5.76. The van der Waals surface area contributed by atoms with Crippen molar-refractivity contribution in [3.05, 3.63) is 130 Å². The highest BCUT2D eigenvalue weighted by molar-refractivity contribution is 6.14. The molecule has 4 aromatic rings. The van der Waals surface area contributed by atoms with Gasteiger partial charge < -0.3 is 19.8 Å². The number of anilines is 3. The number of carbonyl (C=O) groups is 2. The van der Waals surface area contributed by atoms with Crippen molar-refractivity contribution >= 4 is 34.6 Å². The van der Waals surface area contributed by atoms with Crippen LogP contribution in [-0.2, 0) is 16.9 Å². The summed E-state index contributed by atoms with van der Waals surface area (Å²) in [6, 6.07) is 25.4. The molecule has 2 aliphatic heterocycles. The van der Waals surface area contributed by atoms with E-state index < -0.39 is 22.3 Å². The zero-order chi connectivity index (χ0) is 31.0. The molecule has 0 radical (unpaired) electrons. The van der Waals surface area contributed by atoms with Gasteiger partial charge in [-0.15, -0.1) is 0 Å². The highest BCUT2D eigenvalue weighted by Crippen LogP contribution is 2.47. The van der Waals surface area contributed by atoms with E-state index in [1.165, 1.54) is 23.1 Å². The number of aliphatic hydroxyl groups excluding tert-OH is 1. The van der Waals surface area contributed by atoms with Crippen molar-refractivity contribution in [1.82, 2.24) is 0 Å². The predicted molar refractivity (Wildman–Crippen MR) is 164 cm³/mol. The molecule has 10 nitrogen and oxygen atoms in total. The third kappa shape index (κ3) is 4.80. The van der Waals surface area contributed by atoms with Gasteiger partial charge in [-0.1, -0.05) is 55.5 Å². The van der Waals surface area contributed by atoms with Crippen molar-refractivity contribution in [2.45, 2.75) is 25.5 Å². The number of nitro groups is 1. The van der Waals surface area contributed by atoms with Gasteiger partial charge in [0.05, 0.1) is 28.4 Å². The molecule has 2 amide bonds. The summed E-state index contributed by atoms with van der Waals surface area (Å²) in [6.45, 7) is 1.59. The fourth-order valence-corrected chi connectivity index (χ4v) is 5.76. The summed E-state index contributed by atoms with van der Waals surface area (Å²) in [5.74, 6) is -0.702. The Bertz CT molecular complexity index is 1820. The second-order valence-electron chi connectivity index (χ2n) is 10.7. The fraction of sp³-hybridized carbons (Fsp3) is 0.176. The quantitative estimate of drug-likeness (QED) is 0.146. The average molecular weight is 592 g/mol. The smallest absolute Gasteiger partial charge is 0.269 e. The highest BCUT2D eigenvalue weighted by atomic mass is 16.6. The Morgan fingerprint density at radius 2 is 1.70 bits per heavy atom. The van der Waals surface area contributed by atoms with Crippen LogP contribution in [0.3, 0.4) is 0 Å². The summed E-state index contributed by atoms with van der Waals surface area (Å²) in [5, 5.41) is 32.6. The van der Waals surface area contributed by atoms with Crippen LogP contribution in [0.5, 0.6) is 11.5 Å². The molecule has 6 rings (SSSR count). The van der Waals surface area contributed by atoms with Crippen molar-refractivity contribution in [2.75, 3.05) is 16.4 Å². The average Bonchev–Trinajstić information content (AvgIpc) is 3.15. The topological polar surface area (TPSA) is 133 Å². The van der Waals surface area contributed by atoms with Gasteiger partial charge in [0.1, 0.15) is 5.75 Å². The number of hydrogen-bond donors (Lipinski definition) is 2. The molecule has 0 saturated carbocycles. The summed E-state index contributed by atoms with van der Waals surface area (Å²) < 4.78 is 6.11. The summed E-state index contributed by atoms with van der Waals surface area (Å²) in [6.07, 6.45) is 3.63. The number of amides is 2. The number of para-hydroxylation sites is 3. The first-order chi connectivity index (χ1) is 21.2. The summed E-state index contributed by atoms with van der Waals surface area (Å²) >= 11 is 0. The molecule has 0 unspecified atom stereocenters. The zero-order valence-corrected chi connectivity index (χ0v) is 23.8. The van der Waals surface area contributed by atoms with Gasteiger partial charge in [0.2, 0.25) is 0 Å². The molecule has 0 aliphatic carbocycles. The first-order valence-electron chi connectivity index (χ1n) is 14.1. The number of fused-ring (bicyclic) bond motifs is 3. The van der Waals surface area contributed by atoms with Crippen LogP contribution in [0.15, 0.2) is 103 Å². The number of nitrogens with zero attached hydrogens (tertiary/aromatic N) is 3. The van der Waals surface area contributed by atoms with Crippen LogP contribution in [0.1, 0.15) is 34.8 Å². The lowest BCUT2D eigenvalue weighted by Crippen LogP contribution is -2.44. The number of non-ortho nitro benzene ring substituents is 1. The lowest BCUT2D eigenvalue weighted by atomic mass is 9.82. The minimum Gasteiger partial charge on any atom is -0.454 e. The second-order valence-corrected chi connectivity index (χ2v) is 10.7. The maximum Gasteiger partial charge on any atom is 0.269 e. The molecular weight excluding hydrogens is 562 g/mol. The largest absolute Gasteiger partial charge is 0.454 e. The SMILES string of the molecule is C[C@H](/C=C/CCO)[C@@]1(O)C(=O)N(Cc2cccc(N3C(=O)c4ccccc4Oc4ccccc43)c2)c2ccc([N+](=O)[O-])cc21. The molecule has 2 aliphatic rings. The maximum absolute atomic E-state index is 14.0. The van der Waals surface area contributed by atoms with E-state index in [0.29, 0.717) is 46.1 Å². The molecular formula is C34H29N3O7. The number of carbonyl (C=O) groups excluding carboxylic acids is 2. The Balaban J connectivity index is 1.40. The van der Waals surface area contributed by atoms with E-state index in [4.69, 9.17) is 4.74 Å². The summed E-state index contributed by atoms with van der Waals surface area (Å²) in [5.41, 5.74) is 0.348. The maximum atomic E-state index is 14.0. The zero-order valence-electron chi connectivity index (χ0n) is 23.8. The molecule has 44 heavy (non-hydrogen) atoms. The molecule has 0 aromatic heterocycles. The van der Waals surface area contributed by atoms with Crippen molar-refractivity contribution in [2.24, 2.45) is 5.92 Å². The Morgan fingerprint density at radius 3 is 2.48 bits per heavy atom. The number of ether oxygens (including phenoxy) is 1.